The molecule has 0 N–H and O–H groups in total. The van der Waals surface area contributed by atoms with Crippen molar-refractivity contribution >= 4 is 0 Å². The number of hydrogen-bond donors (Lipinski definition) is 0. The highest BCUT2D eigenvalue weighted by molar-refractivity contribution is 5.27. The first-order valence-corrected chi connectivity index (χ1v) is 8.60. The average Bonchev–Trinajstić information content (AvgIpc) is 3.08. The van der Waals surface area contributed by atoms with E-state index in [0.717, 1.165) is 31.1 Å². The molecule has 3 rings (SSSR count). The number of fused-ring (bicyclic) bond motifs is 2. The van der Waals surface area contributed by atoms with Crippen molar-refractivity contribution in [3.63, 3.8) is 0 Å². The van der Waals surface area contributed by atoms with Gasteiger partial charge in [0.2, 0.25) is 0 Å². The third-order valence-corrected chi connectivity index (χ3v) is 5.44. The summed E-state index contributed by atoms with van der Waals surface area (Å²) >= 11 is 0. The Morgan fingerprint density at radius 2 is 1.86 bits per heavy atom. The molecule has 21 heavy (non-hydrogen) atoms. The van der Waals surface area contributed by atoms with Crippen molar-refractivity contribution in [2.75, 3.05) is 6.61 Å². The van der Waals surface area contributed by atoms with Crippen LogP contribution in [0.5, 0.6) is 5.75 Å². The van der Waals surface area contributed by atoms with Gasteiger partial charge in [-0.2, -0.15) is 0 Å². The van der Waals surface area contributed by atoms with E-state index in [4.69, 9.17) is 9.47 Å². The Bertz CT molecular complexity index is 443. The molecule has 2 fully saturated rings. The summed E-state index contributed by atoms with van der Waals surface area (Å²) in [5.41, 5.74) is 1.86. The van der Waals surface area contributed by atoms with Crippen LogP contribution in [0, 0.1) is 11.3 Å². The Kier molecular flexibility index (Phi) is 4.54. The molecular weight excluding hydrogens is 260 g/mol. The third-order valence-electron chi connectivity index (χ3n) is 5.44. The second-order valence-corrected chi connectivity index (χ2v) is 6.85. The molecule has 0 heterocycles. The SMILES string of the molecule is CCOC(CC12CCC(CC1)C2)Oc1ccc(CC)cc1. The summed E-state index contributed by atoms with van der Waals surface area (Å²) < 4.78 is 12.0. The Hall–Kier alpha value is -1.02. The van der Waals surface area contributed by atoms with E-state index in [0.29, 0.717) is 5.41 Å². The van der Waals surface area contributed by atoms with Crippen molar-refractivity contribution in [2.24, 2.45) is 11.3 Å². The first-order chi connectivity index (χ1) is 10.2. The normalized spacial score (nSPS) is 28.8. The quantitative estimate of drug-likeness (QED) is 0.660. The van der Waals surface area contributed by atoms with E-state index in [2.05, 4.69) is 38.1 Å². The fraction of sp³-hybridized carbons (Fsp3) is 0.684. The summed E-state index contributed by atoms with van der Waals surface area (Å²) in [7, 11) is 0. The first-order valence-electron chi connectivity index (χ1n) is 8.60. The molecule has 0 radical (unpaired) electrons. The zero-order valence-electron chi connectivity index (χ0n) is 13.4. The van der Waals surface area contributed by atoms with E-state index in [-0.39, 0.29) is 6.29 Å². The molecule has 0 amide bonds. The van der Waals surface area contributed by atoms with Crippen LogP contribution in [0.25, 0.3) is 0 Å². The summed E-state index contributed by atoms with van der Waals surface area (Å²) in [4.78, 5) is 0. The Labute approximate surface area is 128 Å². The standard InChI is InChI=1S/C19H28O2/c1-3-15-5-7-17(8-6-15)21-18(20-4-2)14-19-11-9-16(13-19)10-12-19/h5-8,16,18H,3-4,9-14H2,1-2H3. The van der Waals surface area contributed by atoms with E-state index in [1.54, 1.807) is 0 Å². The third kappa shape index (κ3) is 3.42. The summed E-state index contributed by atoms with van der Waals surface area (Å²) in [6.07, 6.45) is 9.04. The van der Waals surface area contributed by atoms with Gasteiger partial charge in [-0.3, -0.25) is 0 Å². The van der Waals surface area contributed by atoms with Gasteiger partial charge in [0, 0.05) is 13.0 Å². The summed E-state index contributed by atoms with van der Waals surface area (Å²) in [5.74, 6) is 1.92. The number of hydrogen-bond acceptors (Lipinski definition) is 2. The largest absolute Gasteiger partial charge is 0.465 e. The van der Waals surface area contributed by atoms with E-state index in [1.807, 2.05) is 0 Å². The lowest BCUT2D eigenvalue weighted by atomic mass is 9.81. The molecule has 1 unspecified atom stereocenters. The smallest absolute Gasteiger partial charge is 0.200 e. The van der Waals surface area contributed by atoms with Crippen LogP contribution in [0.2, 0.25) is 0 Å². The molecule has 0 aliphatic heterocycles. The maximum absolute atomic E-state index is 6.14. The zero-order chi connectivity index (χ0) is 14.7. The fourth-order valence-electron chi connectivity index (χ4n) is 4.23. The van der Waals surface area contributed by atoms with Gasteiger partial charge in [-0.25, -0.2) is 0 Å². The van der Waals surface area contributed by atoms with Crippen LogP contribution in [0.3, 0.4) is 0 Å². The molecule has 1 aromatic rings. The molecular formula is C19H28O2. The van der Waals surface area contributed by atoms with Gasteiger partial charge >= 0.3 is 0 Å². The van der Waals surface area contributed by atoms with Gasteiger partial charge in [0.15, 0.2) is 6.29 Å². The van der Waals surface area contributed by atoms with Crippen molar-refractivity contribution < 1.29 is 9.47 Å². The predicted octanol–water partition coefficient (Wildman–Crippen LogP) is 4.96. The van der Waals surface area contributed by atoms with Crippen molar-refractivity contribution in [3.05, 3.63) is 29.8 Å². The van der Waals surface area contributed by atoms with Crippen LogP contribution in [0.15, 0.2) is 24.3 Å². The van der Waals surface area contributed by atoms with Gasteiger partial charge < -0.3 is 9.47 Å². The number of rotatable bonds is 7. The predicted molar refractivity (Wildman–Crippen MR) is 85.5 cm³/mol. The van der Waals surface area contributed by atoms with E-state index in [1.165, 1.54) is 37.7 Å². The van der Waals surface area contributed by atoms with Crippen molar-refractivity contribution in [2.45, 2.75) is 65.1 Å². The second kappa shape index (κ2) is 6.39. The lowest BCUT2D eigenvalue weighted by Crippen LogP contribution is -2.29. The molecule has 0 spiro atoms. The van der Waals surface area contributed by atoms with Gasteiger partial charge in [0.05, 0.1) is 0 Å². The molecule has 2 heteroatoms. The molecule has 2 aliphatic carbocycles. The maximum Gasteiger partial charge on any atom is 0.200 e. The Morgan fingerprint density at radius 3 is 2.38 bits per heavy atom. The minimum Gasteiger partial charge on any atom is -0.465 e. The van der Waals surface area contributed by atoms with Gasteiger partial charge in [0.25, 0.3) is 0 Å². The number of ether oxygens (including phenoxy) is 2. The van der Waals surface area contributed by atoms with Crippen LogP contribution in [0.4, 0.5) is 0 Å². The molecule has 1 atom stereocenters. The first kappa shape index (κ1) is 14.9. The summed E-state index contributed by atoms with van der Waals surface area (Å²) in [6.45, 7) is 4.95. The topological polar surface area (TPSA) is 18.5 Å². The van der Waals surface area contributed by atoms with Crippen molar-refractivity contribution in [3.8, 4) is 5.75 Å². The van der Waals surface area contributed by atoms with Crippen molar-refractivity contribution in [1.82, 2.24) is 0 Å². The molecule has 0 saturated heterocycles. The van der Waals surface area contributed by atoms with Gasteiger partial charge in [-0.15, -0.1) is 0 Å². The fourth-order valence-corrected chi connectivity index (χ4v) is 4.23. The highest BCUT2D eigenvalue weighted by Crippen LogP contribution is 2.56. The lowest BCUT2D eigenvalue weighted by molar-refractivity contribution is -0.100. The second-order valence-electron chi connectivity index (χ2n) is 6.85. The van der Waals surface area contributed by atoms with Gasteiger partial charge in [-0.1, -0.05) is 19.1 Å². The van der Waals surface area contributed by atoms with E-state index in [9.17, 15) is 0 Å². The zero-order valence-corrected chi connectivity index (χ0v) is 13.4. The average molecular weight is 288 g/mol. The highest BCUT2D eigenvalue weighted by Gasteiger charge is 2.46. The molecule has 2 saturated carbocycles. The minimum absolute atomic E-state index is 0.0840. The van der Waals surface area contributed by atoms with Crippen LogP contribution < -0.4 is 4.74 Å². The molecule has 1 aromatic carbocycles. The molecule has 2 nitrogen and oxygen atoms in total. The molecule has 0 aromatic heterocycles. The van der Waals surface area contributed by atoms with Crippen LogP contribution >= 0.6 is 0 Å². The van der Waals surface area contributed by atoms with Crippen LogP contribution in [-0.2, 0) is 11.2 Å². The maximum atomic E-state index is 6.14. The summed E-state index contributed by atoms with van der Waals surface area (Å²) in [6, 6.07) is 8.46. The highest BCUT2D eigenvalue weighted by atomic mass is 16.7. The van der Waals surface area contributed by atoms with Gasteiger partial charge in [0.1, 0.15) is 5.75 Å². The number of aryl methyl sites for hydroxylation is 1. The molecule has 116 valence electrons. The Morgan fingerprint density at radius 1 is 1.14 bits per heavy atom. The molecule has 2 aliphatic rings. The number of benzene rings is 1. The van der Waals surface area contributed by atoms with Crippen LogP contribution in [0.1, 0.15) is 57.9 Å². The van der Waals surface area contributed by atoms with Gasteiger partial charge in [-0.05, 0) is 74.5 Å². The molecule has 2 bridgehead atoms. The van der Waals surface area contributed by atoms with E-state index < -0.39 is 0 Å². The van der Waals surface area contributed by atoms with Crippen molar-refractivity contribution in [1.29, 1.82) is 0 Å². The Balaban J connectivity index is 1.63. The van der Waals surface area contributed by atoms with E-state index >= 15 is 0 Å². The summed E-state index contributed by atoms with van der Waals surface area (Å²) in [5, 5.41) is 0. The minimum atomic E-state index is -0.0840. The van der Waals surface area contributed by atoms with Crippen LogP contribution in [-0.4, -0.2) is 12.9 Å². The lowest BCUT2D eigenvalue weighted by Gasteiger charge is -2.31. The monoisotopic (exact) mass is 288 g/mol.